The smallest absolute Gasteiger partial charge is 0.123 e. The average molecular weight is 277 g/mol. The molecule has 20 heavy (non-hydrogen) atoms. The van der Waals surface area contributed by atoms with Gasteiger partial charge in [0.1, 0.15) is 5.82 Å². The SMILES string of the molecule is CC(C)CNCC1(c2cccc(F)c2)CCC(C)CC1. The minimum atomic E-state index is -0.107. The highest BCUT2D eigenvalue weighted by Gasteiger charge is 2.35. The van der Waals surface area contributed by atoms with Crippen LogP contribution in [0.5, 0.6) is 0 Å². The van der Waals surface area contributed by atoms with Crippen molar-refractivity contribution in [3.8, 4) is 0 Å². The molecule has 1 aliphatic rings. The first kappa shape index (κ1) is 15.5. The van der Waals surface area contributed by atoms with Gasteiger partial charge in [-0.3, -0.25) is 0 Å². The molecule has 0 atom stereocenters. The van der Waals surface area contributed by atoms with Gasteiger partial charge in [0.2, 0.25) is 0 Å². The zero-order valence-electron chi connectivity index (χ0n) is 13.1. The lowest BCUT2D eigenvalue weighted by molar-refractivity contribution is 0.231. The number of halogens is 1. The standard InChI is InChI=1S/C18H28FN/c1-14(2)12-20-13-18(9-7-15(3)8-10-18)16-5-4-6-17(19)11-16/h4-6,11,14-15,20H,7-10,12-13H2,1-3H3. The second-order valence-corrected chi connectivity index (χ2v) is 7.00. The van der Waals surface area contributed by atoms with Gasteiger partial charge >= 0.3 is 0 Å². The summed E-state index contributed by atoms with van der Waals surface area (Å²) in [6.07, 6.45) is 4.84. The molecule has 0 unspecified atom stereocenters. The molecular weight excluding hydrogens is 249 g/mol. The van der Waals surface area contributed by atoms with E-state index in [1.807, 2.05) is 6.07 Å². The van der Waals surface area contributed by atoms with Gasteiger partial charge in [0.15, 0.2) is 0 Å². The third-order valence-corrected chi connectivity index (χ3v) is 4.68. The molecule has 0 heterocycles. The lowest BCUT2D eigenvalue weighted by Gasteiger charge is -2.40. The summed E-state index contributed by atoms with van der Waals surface area (Å²) in [6, 6.07) is 7.25. The van der Waals surface area contributed by atoms with E-state index in [1.54, 1.807) is 12.1 Å². The molecule has 1 nitrogen and oxygen atoms in total. The Morgan fingerprint density at radius 2 is 2.00 bits per heavy atom. The van der Waals surface area contributed by atoms with Gasteiger partial charge in [0.25, 0.3) is 0 Å². The van der Waals surface area contributed by atoms with Crippen LogP contribution in [0.3, 0.4) is 0 Å². The van der Waals surface area contributed by atoms with Crippen molar-refractivity contribution in [2.45, 2.75) is 51.9 Å². The molecule has 0 radical (unpaired) electrons. The van der Waals surface area contributed by atoms with Crippen LogP contribution in [0.1, 0.15) is 52.0 Å². The van der Waals surface area contributed by atoms with Crippen LogP contribution in [0.15, 0.2) is 24.3 Å². The quantitative estimate of drug-likeness (QED) is 0.834. The van der Waals surface area contributed by atoms with Crippen LogP contribution in [-0.4, -0.2) is 13.1 Å². The summed E-state index contributed by atoms with van der Waals surface area (Å²) in [5.74, 6) is 1.35. The number of benzene rings is 1. The van der Waals surface area contributed by atoms with E-state index in [0.717, 1.165) is 19.0 Å². The maximum Gasteiger partial charge on any atom is 0.123 e. The molecule has 1 saturated carbocycles. The Hall–Kier alpha value is -0.890. The maximum atomic E-state index is 13.6. The van der Waals surface area contributed by atoms with E-state index in [0.29, 0.717) is 5.92 Å². The highest BCUT2D eigenvalue weighted by atomic mass is 19.1. The zero-order valence-corrected chi connectivity index (χ0v) is 13.1. The minimum Gasteiger partial charge on any atom is -0.316 e. The Morgan fingerprint density at radius 1 is 1.30 bits per heavy atom. The van der Waals surface area contributed by atoms with E-state index in [-0.39, 0.29) is 11.2 Å². The molecular formula is C18H28FN. The summed E-state index contributed by atoms with van der Waals surface area (Å²) < 4.78 is 13.6. The Balaban J connectivity index is 2.15. The normalized spacial score (nSPS) is 26.9. The molecule has 2 rings (SSSR count). The molecule has 1 N–H and O–H groups in total. The molecule has 2 heteroatoms. The lowest BCUT2D eigenvalue weighted by atomic mass is 9.67. The van der Waals surface area contributed by atoms with Crippen molar-refractivity contribution < 1.29 is 4.39 Å². The molecule has 0 saturated heterocycles. The molecule has 0 aliphatic heterocycles. The number of rotatable bonds is 5. The lowest BCUT2D eigenvalue weighted by Crippen LogP contribution is -2.42. The van der Waals surface area contributed by atoms with E-state index in [4.69, 9.17) is 0 Å². The second-order valence-electron chi connectivity index (χ2n) is 7.00. The largest absolute Gasteiger partial charge is 0.316 e. The van der Waals surface area contributed by atoms with Crippen LogP contribution in [0.2, 0.25) is 0 Å². The van der Waals surface area contributed by atoms with Crippen molar-refractivity contribution >= 4 is 0 Å². The number of hydrogen-bond acceptors (Lipinski definition) is 1. The molecule has 0 bridgehead atoms. The van der Waals surface area contributed by atoms with Gasteiger partial charge in [-0.25, -0.2) is 4.39 Å². The fourth-order valence-electron chi connectivity index (χ4n) is 3.30. The van der Waals surface area contributed by atoms with Gasteiger partial charge in [-0.05, 0) is 61.8 Å². The summed E-state index contributed by atoms with van der Waals surface area (Å²) in [5, 5.41) is 3.61. The first-order chi connectivity index (χ1) is 9.52. The van der Waals surface area contributed by atoms with E-state index in [1.165, 1.54) is 31.2 Å². The summed E-state index contributed by atoms with van der Waals surface area (Å²) >= 11 is 0. The van der Waals surface area contributed by atoms with E-state index >= 15 is 0 Å². The van der Waals surface area contributed by atoms with E-state index in [9.17, 15) is 4.39 Å². The van der Waals surface area contributed by atoms with Crippen LogP contribution >= 0.6 is 0 Å². The number of nitrogens with one attached hydrogen (secondary N) is 1. The molecule has 1 fully saturated rings. The third-order valence-electron chi connectivity index (χ3n) is 4.68. The monoisotopic (exact) mass is 277 g/mol. The van der Waals surface area contributed by atoms with Crippen molar-refractivity contribution in [1.29, 1.82) is 0 Å². The van der Waals surface area contributed by atoms with Gasteiger partial charge in [-0.15, -0.1) is 0 Å². The molecule has 0 amide bonds. The van der Waals surface area contributed by atoms with Crippen LogP contribution < -0.4 is 5.32 Å². The van der Waals surface area contributed by atoms with E-state index in [2.05, 4.69) is 32.2 Å². The van der Waals surface area contributed by atoms with Gasteiger partial charge in [0.05, 0.1) is 0 Å². The van der Waals surface area contributed by atoms with Crippen LogP contribution in [0, 0.1) is 17.7 Å². The van der Waals surface area contributed by atoms with E-state index < -0.39 is 0 Å². The Labute approximate surface area is 123 Å². The molecule has 1 aromatic rings. The van der Waals surface area contributed by atoms with Gasteiger partial charge in [0, 0.05) is 12.0 Å². The fourth-order valence-corrected chi connectivity index (χ4v) is 3.30. The first-order valence-electron chi connectivity index (χ1n) is 7.98. The maximum absolute atomic E-state index is 13.6. The van der Waals surface area contributed by atoms with Crippen molar-refractivity contribution in [3.05, 3.63) is 35.6 Å². The van der Waals surface area contributed by atoms with Crippen molar-refractivity contribution in [1.82, 2.24) is 5.32 Å². The first-order valence-corrected chi connectivity index (χ1v) is 7.98. The predicted molar refractivity (Wildman–Crippen MR) is 83.4 cm³/mol. The molecule has 0 aromatic heterocycles. The molecule has 0 spiro atoms. The Kier molecular flexibility index (Phi) is 5.20. The minimum absolute atomic E-state index is 0.107. The third kappa shape index (κ3) is 3.82. The van der Waals surface area contributed by atoms with Crippen LogP contribution in [-0.2, 0) is 5.41 Å². The number of hydrogen-bond donors (Lipinski definition) is 1. The molecule has 1 aliphatic carbocycles. The van der Waals surface area contributed by atoms with Gasteiger partial charge in [-0.1, -0.05) is 32.9 Å². The van der Waals surface area contributed by atoms with Crippen LogP contribution in [0.4, 0.5) is 4.39 Å². The summed E-state index contributed by atoms with van der Waals surface area (Å²) in [7, 11) is 0. The fraction of sp³-hybridized carbons (Fsp3) is 0.667. The van der Waals surface area contributed by atoms with Gasteiger partial charge < -0.3 is 5.32 Å². The topological polar surface area (TPSA) is 12.0 Å². The Morgan fingerprint density at radius 3 is 2.60 bits per heavy atom. The van der Waals surface area contributed by atoms with Crippen molar-refractivity contribution in [2.75, 3.05) is 13.1 Å². The summed E-state index contributed by atoms with van der Waals surface area (Å²) in [4.78, 5) is 0. The highest BCUT2D eigenvalue weighted by Crippen LogP contribution is 2.41. The van der Waals surface area contributed by atoms with Gasteiger partial charge in [-0.2, -0.15) is 0 Å². The molecule has 112 valence electrons. The molecule has 1 aromatic carbocycles. The average Bonchev–Trinajstić information content (AvgIpc) is 2.41. The highest BCUT2D eigenvalue weighted by molar-refractivity contribution is 5.27. The zero-order chi connectivity index (χ0) is 14.6. The van der Waals surface area contributed by atoms with Crippen LogP contribution in [0.25, 0.3) is 0 Å². The summed E-state index contributed by atoms with van der Waals surface area (Å²) in [6.45, 7) is 8.79. The van der Waals surface area contributed by atoms with Crippen molar-refractivity contribution in [2.24, 2.45) is 11.8 Å². The Bertz CT molecular complexity index is 419. The summed E-state index contributed by atoms with van der Waals surface area (Å²) in [5.41, 5.74) is 1.31. The van der Waals surface area contributed by atoms with Crippen molar-refractivity contribution in [3.63, 3.8) is 0 Å². The predicted octanol–water partition coefficient (Wildman–Crippen LogP) is 4.52. The second kappa shape index (κ2) is 6.71.